The molecule has 30 heavy (non-hydrogen) atoms. The van der Waals surface area contributed by atoms with Gasteiger partial charge in [-0.25, -0.2) is 4.39 Å². The Morgan fingerprint density at radius 1 is 1.10 bits per heavy atom. The van der Waals surface area contributed by atoms with Crippen LogP contribution in [0.4, 0.5) is 4.39 Å². The number of aryl methyl sites for hydroxylation is 1. The molecule has 0 heterocycles. The van der Waals surface area contributed by atoms with E-state index in [4.69, 9.17) is 0 Å². The van der Waals surface area contributed by atoms with Gasteiger partial charge in [0, 0.05) is 17.8 Å². The van der Waals surface area contributed by atoms with E-state index in [-0.39, 0.29) is 28.9 Å². The highest BCUT2D eigenvalue weighted by atomic mass is 32.2. The van der Waals surface area contributed by atoms with Crippen LogP contribution in [0.1, 0.15) is 44.4 Å². The van der Waals surface area contributed by atoms with Crippen LogP contribution in [-0.2, 0) is 21.9 Å². The maximum absolute atomic E-state index is 13.8. The van der Waals surface area contributed by atoms with Gasteiger partial charge in [-0.3, -0.25) is 9.59 Å². The first-order chi connectivity index (χ1) is 14.1. The van der Waals surface area contributed by atoms with Crippen LogP contribution in [0.3, 0.4) is 0 Å². The first-order valence-electron chi connectivity index (χ1n) is 10.0. The van der Waals surface area contributed by atoms with Crippen molar-refractivity contribution in [3.05, 3.63) is 71.0 Å². The lowest BCUT2D eigenvalue weighted by Crippen LogP contribution is -2.52. The summed E-state index contributed by atoms with van der Waals surface area (Å²) in [4.78, 5) is 27.4. The number of thioether (sulfide) groups is 1. The van der Waals surface area contributed by atoms with Crippen molar-refractivity contribution in [3.8, 4) is 0 Å². The molecule has 6 heteroatoms. The quantitative estimate of drug-likeness (QED) is 0.660. The van der Waals surface area contributed by atoms with E-state index in [0.29, 0.717) is 17.9 Å². The third kappa shape index (κ3) is 7.48. The van der Waals surface area contributed by atoms with Gasteiger partial charge in [0.1, 0.15) is 11.9 Å². The molecule has 1 unspecified atom stereocenters. The Bertz CT molecular complexity index is 862. The molecule has 0 aliphatic heterocycles. The monoisotopic (exact) mass is 430 g/mol. The van der Waals surface area contributed by atoms with Gasteiger partial charge in [0.15, 0.2) is 0 Å². The Labute approximate surface area is 183 Å². The number of nitrogens with zero attached hydrogens (tertiary/aromatic N) is 1. The Hall–Kier alpha value is -2.34. The molecule has 2 aromatic carbocycles. The first-order valence-corrected chi connectivity index (χ1v) is 11.2. The standard InChI is InChI=1S/C24H31FN2O2S/c1-17-10-12-19(13-11-17)14-27(18(2)23(29)26-24(3,4)5)22(28)16-30-15-20-8-6-7-9-21(20)25/h6-13,18H,14-16H2,1-5H3,(H,26,29). The van der Waals surface area contributed by atoms with E-state index in [2.05, 4.69) is 5.32 Å². The van der Waals surface area contributed by atoms with Crippen molar-refractivity contribution in [2.75, 3.05) is 5.75 Å². The molecule has 1 atom stereocenters. The topological polar surface area (TPSA) is 49.4 Å². The minimum absolute atomic E-state index is 0.145. The second-order valence-electron chi connectivity index (χ2n) is 8.51. The smallest absolute Gasteiger partial charge is 0.242 e. The van der Waals surface area contributed by atoms with Gasteiger partial charge in [0.25, 0.3) is 0 Å². The summed E-state index contributed by atoms with van der Waals surface area (Å²) in [5, 5.41) is 2.95. The summed E-state index contributed by atoms with van der Waals surface area (Å²) in [6.07, 6.45) is 0. The van der Waals surface area contributed by atoms with E-state index in [9.17, 15) is 14.0 Å². The van der Waals surface area contributed by atoms with Gasteiger partial charge >= 0.3 is 0 Å². The largest absolute Gasteiger partial charge is 0.350 e. The van der Waals surface area contributed by atoms with Gasteiger partial charge in [0.2, 0.25) is 11.8 Å². The van der Waals surface area contributed by atoms with E-state index >= 15 is 0 Å². The molecular weight excluding hydrogens is 399 g/mol. The average Bonchev–Trinajstić information content (AvgIpc) is 2.67. The molecule has 0 radical (unpaired) electrons. The molecule has 2 amide bonds. The zero-order valence-corrected chi connectivity index (χ0v) is 19.2. The minimum atomic E-state index is -0.618. The summed E-state index contributed by atoms with van der Waals surface area (Å²) in [6.45, 7) is 9.83. The number of carbonyl (C=O) groups is 2. The van der Waals surface area contributed by atoms with Crippen molar-refractivity contribution in [2.45, 2.75) is 58.5 Å². The number of nitrogens with one attached hydrogen (secondary N) is 1. The number of carbonyl (C=O) groups excluding carboxylic acids is 2. The van der Waals surface area contributed by atoms with Gasteiger partial charge in [-0.05, 0) is 51.8 Å². The summed E-state index contributed by atoms with van der Waals surface area (Å²) in [5.74, 6) is -0.0328. The van der Waals surface area contributed by atoms with Gasteiger partial charge in [-0.1, -0.05) is 48.0 Å². The van der Waals surface area contributed by atoms with Crippen LogP contribution in [0.2, 0.25) is 0 Å². The third-order valence-electron chi connectivity index (χ3n) is 4.58. The van der Waals surface area contributed by atoms with E-state index in [0.717, 1.165) is 11.1 Å². The molecule has 1 N–H and O–H groups in total. The number of amides is 2. The number of halogens is 1. The maximum Gasteiger partial charge on any atom is 0.242 e. The first kappa shape index (κ1) is 23.9. The van der Waals surface area contributed by atoms with Gasteiger partial charge in [-0.2, -0.15) is 0 Å². The van der Waals surface area contributed by atoms with Crippen molar-refractivity contribution in [3.63, 3.8) is 0 Å². The zero-order chi connectivity index (χ0) is 22.3. The molecule has 0 saturated heterocycles. The summed E-state index contributed by atoms with van der Waals surface area (Å²) < 4.78 is 13.8. The lowest BCUT2D eigenvalue weighted by Gasteiger charge is -2.31. The highest BCUT2D eigenvalue weighted by molar-refractivity contribution is 7.99. The fraction of sp³-hybridized carbons (Fsp3) is 0.417. The van der Waals surface area contributed by atoms with Crippen LogP contribution in [-0.4, -0.2) is 34.0 Å². The molecule has 0 aliphatic rings. The predicted molar refractivity (Wildman–Crippen MR) is 122 cm³/mol. The lowest BCUT2D eigenvalue weighted by atomic mass is 10.1. The SMILES string of the molecule is Cc1ccc(CN(C(=O)CSCc2ccccc2F)C(C)C(=O)NC(C)(C)C)cc1. The van der Waals surface area contributed by atoms with E-state index < -0.39 is 6.04 Å². The molecule has 0 bridgehead atoms. The van der Waals surface area contributed by atoms with Gasteiger partial charge in [0.05, 0.1) is 5.75 Å². The minimum Gasteiger partial charge on any atom is -0.350 e. The molecule has 2 rings (SSSR count). The molecule has 162 valence electrons. The second-order valence-corrected chi connectivity index (χ2v) is 9.49. The molecule has 0 aromatic heterocycles. The number of hydrogen-bond donors (Lipinski definition) is 1. The molecular formula is C24H31FN2O2S. The van der Waals surface area contributed by atoms with Crippen LogP contribution in [0, 0.1) is 12.7 Å². The molecule has 0 fully saturated rings. The Kier molecular flexibility index (Phi) is 8.47. The summed E-state index contributed by atoms with van der Waals surface area (Å²) in [5.41, 5.74) is 2.28. The molecule has 0 saturated carbocycles. The highest BCUT2D eigenvalue weighted by Gasteiger charge is 2.28. The van der Waals surface area contributed by atoms with E-state index in [1.807, 2.05) is 52.0 Å². The summed E-state index contributed by atoms with van der Waals surface area (Å²) in [6, 6.07) is 13.9. The molecule has 4 nitrogen and oxygen atoms in total. The van der Waals surface area contributed by atoms with Crippen LogP contribution in [0.15, 0.2) is 48.5 Å². The van der Waals surface area contributed by atoms with Crippen LogP contribution in [0.25, 0.3) is 0 Å². The second kappa shape index (κ2) is 10.6. The number of benzene rings is 2. The van der Waals surface area contributed by atoms with Crippen molar-refractivity contribution < 1.29 is 14.0 Å². The van der Waals surface area contributed by atoms with Crippen molar-refractivity contribution in [2.24, 2.45) is 0 Å². The fourth-order valence-corrected chi connectivity index (χ4v) is 3.79. The summed E-state index contributed by atoms with van der Waals surface area (Å²) in [7, 11) is 0. The van der Waals surface area contributed by atoms with E-state index in [1.165, 1.54) is 17.8 Å². The third-order valence-corrected chi connectivity index (χ3v) is 5.55. The van der Waals surface area contributed by atoms with Crippen molar-refractivity contribution >= 4 is 23.6 Å². The molecule has 2 aromatic rings. The van der Waals surface area contributed by atoms with Crippen molar-refractivity contribution in [1.29, 1.82) is 0 Å². The number of rotatable bonds is 8. The molecule has 0 aliphatic carbocycles. The maximum atomic E-state index is 13.8. The van der Waals surface area contributed by atoms with Crippen LogP contribution < -0.4 is 5.32 Å². The highest BCUT2D eigenvalue weighted by Crippen LogP contribution is 2.18. The van der Waals surface area contributed by atoms with Crippen LogP contribution >= 0.6 is 11.8 Å². The lowest BCUT2D eigenvalue weighted by molar-refractivity contribution is -0.139. The normalized spacial score (nSPS) is 12.3. The van der Waals surface area contributed by atoms with Gasteiger partial charge in [-0.15, -0.1) is 11.8 Å². The number of hydrogen-bond acceptors (Lipinski definition) is 3. The molecule has 0 spiro atoms. The Morgan fingerprint density at radius 3 is 2.33 bits per heavy atom. The Balaban J connectivity index is 2.10. The van der Waals surface area contributed by atoms with Crippen LogP contribution in [0.5, 0.6) is 0 Å². The average molecular weight is 431 g/mol. The van der Waals surface area contributed by atoms with Crippen molar-refractivity contribution in [1.82, 2.24) is 10.2 Å². The van der Waals surface area contributed by atoms with E-state index in [1.54, 1.807) is 30.0 Å². The predicted octanol–water partition coefficient (Wildman–Crippen LogP) is 4.70. The zero-order valence-electron chi connectivity index (χ0n) is 18.4. The summed E-state index contributed by atoms with van der Waals surface area (Å²) >= 11 is 1.35. The fourth-order valence-electron chi connectivity index (χ4n) is 2.89. The Morgan fingerprint density at radius 2 is 1.73 bits per heavy atom. The van der Waals surface area contributed by atoms with Gasteiger partial charge < -0.3 is 10.2 Å².